The molecule has 0 aliphatic heterocycles. The SMILES string of the molecule is COc1ccc(Cl)cc1Nc1ncnc(Nc2ccc(C)cc2C)c1N. The maximum absolute atomic E-state index is 6.26. The molecule has 0 saturated heterocycles. The van der Waals surface area contributed by atoms with Crippen molar-refractivity contribution < 1.29 is 4.74 Å². The lowest BCUT2D eigenvalue weighted by Crippen LogP contribution is -2.06. The Bertz CT molecular complexity index is 945. The number of nitrogens with one attached hydrogen (secondary N) is 2. The number of ether oxygens (including phenoxy) is 1. The average Bonchev–Trinajstić information content (AvgIpc) is 2.61. The molecule has 7 heteroatoms. The first-order valence-corrected chi connectivity index (χ1v) is 8.41. The Morgan fingerprint density at radius 3 is 2.31 bits per heavy atom. The van der Waals surface area contributed by atoms with Crippen LogP contribution < -0.4 is 21.1 Å². The van der Waals surface area contributed by atoms with Crippen molar-refractivity contribution in [2.24, 2.45) is 0 Å². The summed E-state index contributed by atoms with van der Waals surface area (Å²) in [5.74, 6) is 1.62. The third kappa shape index (κ3) is 3.81. The molecular weight excluding hydrogens is 350 g/mol. The van der Waals surface area contributed by atoms with E-state index in [2.05, 4.69) is 33.6 Å². The second-order valence-corrected chi connectivity index (χ2v) is 6.33. The molecule has 0 unspecified atom stereocenters. The summed E-state index contributed by atoms with van der Waals surface area (Å²) < 4.78 is 5.34. The van der Waals surface area contributed by atoms with Gasteiger partial charge < -0.3 is 21.1 Å². The van der Waals surface area contributed by atoms with Crippen LogP contribution in [0.5, 0.6) is 5.75 Å². The number of nitrogen functional groups attached to an aromatic ring is 1. The van der Waals surface area contributed by atoms with E-state index in [0.29, 0.717) is 33.8 Å². The van der Waals surface area contributed by atoms with Gasteiger partial charge in [0, 0.05) is 10.7 Å². The quantitative estimate of drug-likeness (QED) is 0.597. The van der Waals surface area contributed by atoms with E-state index in [1.54, 1.807) is 25.3 Å². The number of hydrogen-bond acceptors (Lipinski definition) is 6. The summed E-state index contributed by atoms with van der Waals surface area (Å²) in [7, 11) is 1.59. The van der Waals surface area contributed by atoms with Gasteiger partial charge in [-0.15, -0.1) is 0 Å². The maximum Gasteiger partial charge on any atom is 0.159 e. The molecule has 0 atom stereocenters. The molecular formula is C19H20ClN5O. The standard InChI is InChI=1S/C19H20ClN5O/c1-11-4-6-14(12(2)8-11)24-18-17(21)19(23-10-22-18)25-15-9-13(20)5-7-16(15)26-3/h4-10H,21H2,1-3H3,(H2,22,23,24,25). The summed E-state index contributed by atoms with van der Waals surface area (Å²) >= 11 is 6.08. The third-order valence-corrected chi connectivity index (χ3v) is 4.17. The Morgan fingerprint density at radius 2 is 1.65 bits per heavy atom. The van der Waals surface area contributed by atoms with Gasteiger partial charge in [-0.25, -0.2) is 9.97 Å². The molecule has 0 amide bonds. The van der Waals surface area contributed by atoms with Crippen LogP contribution in [0.3, 0.4) is 0 Å². The van der Waals surface area contributed by atoms with Crippen molar-refractivity contribution in [2.45, 2.75) is 13.8 Å². The minimum Gasteiger partial charge on any atom is -0.495 e. The van der Waals surface area contributed by atoms with E-state index in [-0.39, 0.29) is 0 Å². The number of aromatic nitrogens is 2. The molecule has 26 heavy (non-hydrogen) atoms. The number of methoxy groups -OCH3 is 1. The Morgan fingerprint density at radius 1 is 0.962 bits per heavy atom. The molecule has 0 aliphatic carbocycles. The second-order valence-electron chi connectivity index (χ2n) is 5.90. The molecule has 4 N–H and O–H groups in total. The second kappa shape index (κ2) is 7.49. The van der Waals surface area contributed by atoms with Gasteiger partial charge >= 0.3 is 0 Å². The zero-order chi connectivity index (χ0) is 18.7. The van der Waals surface area contributed by atoms with Gasteiger partial charge in [0.25, 0.3) is 0 Å². The first kappa shape index (κ1) is 17.8. The van der Waals surface area contributed by atoms with Crippen LogP contribution in [0.4, 0.5) is 28.7 Å². The van der Waals surface area contributed by atoms with Crippen molar-refractivity contribution in [3.63, 3.8) is 0 Å². The smallest absolute Gasteiger partial charge is 0.159 e. The average molecular weight is 370 g/mol. The van der Waals surface area contributed by atoms with Gasteiger partial charge in [-0.1, -0.05) is 29.3 Å². The van der Waals surface area contributed by atoms with Crippen molar-refractivity contribution in [2.75, 3.05) is 23.5 Å². The molecule has 2 aromatic carbocycles. The zero-order valence-corrected chi connectivity index (χ0v) is 15.6. The molecule has 0 bridgehead atoms. The fourth-order valence-electron chi connectivity index (χ4n) is 2.58. The highest BCUT2D eigenvalue weighted by Crippen LogP contribution is 2.34. The fourth-order valence-corrected chi connectivity index (χ4v) is 2.75. The molecule has 1 aromatic heterocycles. The normalized spacial score (nSPS) is 10.5. The Kier molecular flexibility index (Phi) is 5.14. The van der Waals surface area contributed by atoms with E-state index in [1.807, 2.05) is 19.1 Å². The summed E-state index contributed by atoms with van der Waals surface area (Å²) in [5, 5.41) is 7.00. The van der Waals surface area contributed by atoms with Gasteiger partial charge in [-0.05, 0) is 43.7 Å². The molecule has 0 fully saturated rings. The van der Waals surface area contributed by atoms with Crippen molar-refractivity contribution in [3.8, 4) is 5.75 Å². The van der Waals surface area contributed by atoms with E-state index in [4.69, 9.17) is 22.1 Å². The zero-order valence-electron chi connectivity index (χ0n) is 14.8. The fraction of sp³-hybridized carbons (Fsp3) is 0.158. The Hall–Kier alpha value is -2.99. The van der Waals surface area contributed by atoms with E-state index >= 15 is 0 Å². The number of benzene rings is 2. The number of hydrogen-bond donors (Lipinski definition) is 3. The van der Waals surface area contributed by atoms with Crippen LogP contribution in [-0.2, 0) is 0 Å². The number of halogens is 1. The largest absolute Gasteiger partial charge is 0.495 e. The summed E-state index contributed by atoms with van der Waals surface area (Å²) in [5.41, 5.74) is 10.6. The van der Waals surface area contributed by atoms with Crippen molar-refractivity contribution >= 4 is 40.3 Å². The van der Waals surface area contributed by atoms with Gasteiger partial charge in [0.15, 0.2) is 11.6 Å². The Balaban J connectivity index is 1.91. The van der Waals surface area contributed by atoms with Crippen molar-refractivity contribution in [3.05, 3.63) is 58.9 Å². The van der Waals surface area contributed by atoms with Gasteiger partial charge in [-0.3, -0.25) is 0 Å². The lowest BCUT2D eigenvalue weighted by atomic mass is 10.1. The summed E-state index contributed by atoms with van der Waals surface area (Å²) in [6.07, 6.45) is 1.45. The van der Waals surface area contributed by atoms with Crippen LogP contribution in [-0.4, -0.2) is 17.1 Å². The van der Waals surface area contributed by atoms with E-state index < -0.39 is 0 Å². The van der Waals surface area contributed by atoms with Crippen LogP contribution in [0.1, 0.15) is 11.1 Å². The predicted molar refractivity (Wildman–Crippen MR) is 107 cm³/mol. The first-order valence-electron chi connectivity index (χ1n) is 8.03. The molecule has 134 valence electrons. The lowest BCUT2D eigenvalue weighted by molar-refractivity contribution is 0.417. The monoisotopic (exact) mass is 369 g/mol. The maximum atomic E-state index is 6.26. The summed E-state index contributed by atoms with van der Waals surface area (Å²) in [4.78, 5) is 8.49. The van der Waals surface area contributed by atoms with Crippen molar-refractivity contribution in [1.29, 1.82) is 0 Å². The topological polar surface area (TPSA) is 85.1 Å². The highest BCUT2D eigenvalue weighted by atomic mass is 35.5. The van der Waals surface area contributed by atoms with E-state index in [9.17, 15) is 0 Å². The molecule has 1 heterocycles. The number of nitrogens with two attached hydrogens (primary N) is 1. The molecule has 0 spiro atoms. The van der Waals surface area contributed by atoms with Crippen LogP contribution in [0.25, 0.3) is 0 Å². The molecule has 6 nitrogen and oxygen atoms in total. The minimum atomic E-state index is 0.398. The molecule has 3 aromatic rings. The predicted octanol–water partition coefficient (Wildman–Crippen LogP) is 4.82. The van der Waals surface area contributed by atoms with Gasteiger partial charge in [0.2, 0.25) is 0 Å². The van der Waals surface area contributed by atoms with Crippen LogP contribution in [0, 0.1) is 13.8 Å². The van der Waals surface area contributed by atoms with E-state index in [1.165, 1.54) is 11.9 Å². The Labute approximate surface area is 157 Å². The van der Waals surface area contributed by atoms with Gasteiger partial charge in [0.05, 0.1) is 12.8 Å². The highest BCUT2D eigenvalue weighted by molar-refractivity contribution is 6.31. The van der Waals surface area contributed by atoms with Gasteiger partial charge in [0.1, 0.15) is 17.8 Å². The minimum absolute atomic E-state index is 0.398. The van der Waals surface area contributed by atoms with Crippen LogP contribution in [0.2, 0.25) is 5.02 Å². The number of rotatable bonds is 5. The summed E-state index contributed by atoms with van der Waals surface area (Å²) in [6, 6.07) is 11.4. The summed E-state index contributed by atoms with van der Waals surface area (Å²) in [6.45, 7) is 4.08. The lowest BCUT2D eigenvalue weighted by Gasteiger charge is -2.15. The highest BCUT2D eigenvalue weighted by Gasteiger charge is 2.12. The van der Waals surface area contributed by atoms with Crippen LogP contribution >= 0.6 is 11.6 Å². The third-order valence-electron chi connectivity index (χ3n) is 3.93. The van der Waals surface area contributed by atoms with Crippen molar-refractivity contribution in [1.82, 2.24) is 9.97 Å². The van der Waals surface area contributed by atoms with Crippen LogP contribution in [0.15, 0.2) is 42.7 Å². The van der Waals surface area contributed by atoms with E-state index in [0.717, 1.165) is 11.3 Å². The molecule has 0 aliphatic rings. The molecule has 3 rings (SSSR count). The molecule has 0 saturated carbocycles. The number of aryl methyl sites for hydroxylation is 2. The number of anilines is 5. The number of nitrogens with zero attached hydrogens (tertiary/aromatic N) is 2. The van der Waals surface area contributed by atoms with Gasteiger partial charge in [-0.2, -0.15) is 0 Å². The molecule has 0 radical (unpaired) electrons. The first-order chi connectivity index (χ1) is 12.5.